The molecule has 156 valence electrons. The summed E-state index contributed by atoms with van der Waals surface area (Å²) in [5.41, 5.74) is 1.37. The highest BCUT2D eigenvalue weighted by Crippen LogP contribution is 2.32. The van der Waals surface area contributed by atoms with Crippen molar-refractivity contribution in [2.45, 2.75) is 9.79 Å². The van der Waals surface area contributed by atoms with Gasteiger partial charge in [-0.3, -0.25) is 9.78 Å². The first-order chi connectivity index (χ1) is 15.5. The number of hydrogen-bond donors (Lipinski definition) is 1. The Bertz CT molecular complexity index is 1580. The normalized spacial score (nSPS) is 11.5. The zero-order valence-electron chi connectivity index (χ0n) is 16.9. The molecule has 1 N–H and O–H groups in total. The molecule has 0 aliphatic carbocycles. The summed E-state index contributed by atoms with van der Waals surface area (Å²) >= 11 is 0. The monoisotopic (exact) mass is 438 g/mol. The zero-order valence-corrected chi connectivity index (χ0v) is 17.7. The molecule has 1 aromatic heterocycles. The Labute approximate surface area is 185 Å². The molecule has 0 saturated heterocycles. The van der Waals surface area contributed by atoms with Gasteiger partial charge >= 0.3 is 0 Å². The molecule has 0 unspecified atom stereocenters. The van der Waals surface area contributed by atoms with Crippen LogP contribution in [0.2, 0.25) is 0 Å². The maximum atomic E-state index is 13.5. The molecule has 4 aromatic carbocycles. The molecule has 0 aliphatic heterocycles. The molecule has 1 amide bonds. The van der Waals surface area contributed by atoms with Crippen LogP contribution in [0.25, 0.3) is 21.7 Å². The summed E-state index contributed by atoms with van der Waals surface area (Å²) in [7, 11) is -3.81. The fourth-order valence-electron chi connectivity index (χ4n) is 3.73. The lowest BCUT2D eigenvalue weighted by Gasteiger charge is -2.13. The number of rotatable bonds is 4. The van der Waals surface area contributed by atoms with Gasteiger partial charge in [0.1, 0.15) is 0 Å². The number of aromatic nitrogens is 1. The molecule has 0 aliphatic rings. The molecule has 6 heteroatoms. The molecule has 0 bridgehead atoms. The van der Waals surface area contributed by atoms with Gasteiger partial charge in [-0.1, -0.05) is 48.5 Å². The zero-order chi connectivity index (χ0) is 22.1. The first-order valence-electron chi connectivity index (χ1n) is 10.0. The Hall–Kier alpha value is -4.03. The summed E-state index contributed by atoms with van der Waals surface area (Å²) in [6.45, 7) is 0. The Kier molecular flexibility index (Phi) is 4.92. The number of carbonyl (C=O) groups excluding carboxylic acids is 1. The number of amides is 1. The van der Waals surface area contributed by atoms with Gasteiger partial charge in [-0.25, -0.2) is 8.42 Å². The molecular formula is C26H18N2O3S. The van der Waals surface area contributed by atoms with Crippen molar-refractivity contribution in [2.24, 2.45) is 0 Å². The summed E-state index contributed by atoms with van der Waals surface area (Å²) in [6, 6.07) is 28.0. The van der Waals surface area contributed by atoms with E-state index in [4.69, 9.17) is 0 Å². The van der Waals surface area contributed by atoms with Gasteiger partial charge in [0.2, 0.25) is 9.84 Å². The molecule has 0 spiro atoms. The van der Waals surface area contributed by atoms with Gasteiger partial charge in [0.25, 0.3) is 5.91 Å². The van der Waals surface area contributed by atoms with E-state index in [0.717, 1.165) is 10.8 Å². The molecule has 0 atom stereocenters. The van der Waals surface area contributed by atoms with Crippen LogP contribution in [0.1, 0.15) is 10.4 Å². The summed E-state index contributed by atoms with van der Waals surface area (Å²) in [5, 5.41) is 5.12. The number of anilines is 1. The SMILES string of the molecule is O=C(Nc1ccc(S(=O)(=O)c2ccc3ccccc3c2)c2cccnc12)c1ccccc1. The number of hydrogen-bond acceptors (Lipinski definition) is 4. The van der Waals surface area contributed by atoms with Crippen molar-refractivity contribution in [1.29, 1.82) is 0 Å². The maximum Gasteiger partial charge on any atom is 0.255 e. The molecular weight excluding hydrogens is 420 g/mol. The first-order valence-corrected chi connectivity index (χ1v) is 11.5. The number of pyridine rings is 1. The van der Waals surface area contributed by atoms with E-state index in [1.54, 1.807) is 66.9 Å². The van der Waals surface area contributed by atoms with Crippen LogP contribution in [0.5, 0.6) is 0 Å². The van der Waals surface area contributed by atoms with Gasteiger partial charge in [-0.05, 0) is 59.3 Å². The van der Waals surface area contributed by atoms with E-state index in [0.29, 0.717) is 22.2 Å². The molecule has 0 fully saturated rings. The lowest BCUT2D eigenvalue weighted by atomic mass is 10.1. The Morgan fingerprint density at radius 1 is 0.750 bits per heavy atom. The summed E-state index contributed by atoms with van der Waals surface area (Å²) in [4.78, 5) is 17.4. The van der Waals surface area contributed by atoms with Gasteiger partial charge in [0.15, 0.2) is 0 Å². The fraction of sp³-hybridized carbons (Fsp3) is 0. The third-order valence-corrected chi connectivity index (χ3v) is 7.14. The second-order valence-corrected chi connectivity index (χ2v) is 9.26. The average Bonchev–Trinajstić information content (AvgIpc) is 2.84. The van der Waals surface area contributed by atoms with Crippen molar-refractivity contribution >= 4 is 43.1 Å². The molecule has 0 saturated carbocycles. The lowest BCUT2D eigenvalue weighted by Crippen LogP contribution is -2.13. The Balaban J connectivity index is 1.60. The minimum atomic E-state index is -3.81. The van der Waals surface area contributed by atoms with Crippen LogP contribution in [0.3, 0.4) is 0 Å². The average molecular weight is 439 g/mol. The van der Waals surface area contributed by atoms with Crippen molar-refractivity contribution in [3.63, 3.8) is 0 Å². The highest BCUT2D eigenvalue weighted by Gasteiger charge is 2.22. The predicted octanol–water partition coefficient (Wildman–Crippen LogP) is 5.47. The highest BCUT2D eigenvalue weighted by atomic mass is 32.2. The minimum absolute atomic E-state index is 0.147. The van der Waals surface area contributed by atoms with E-state index in [1.165, 1.54) is 6.07 Å². The van der Waals surface area contributed by atoms with E-state index < -0.39 is 9.84 Å². The third kappa shape index (κ3) is 3.50. The number of nitrogens with one attached hydrogen (secondary N) is 1. The fourth-order valence-corrected chi connectivity index (χ4v) is 5.21. The van der Waals surface area contributed by atoms with E-state index >= 15 is 0 Å². The second kappa shape index (κ2) is 7.90. The van der Waals surface area contributed by atoms with Gasteiger partial charge in [-0.15, -0.1) is 0 Å². The van der Waals surface area contributed by atoms with Gasteiger partial charge in [0, 0.05) is 17.1 Å². The molecule has 5 rings (SSSR count). The van der Waals surface area contributed by atoms with Crippen LogP contribution in [0.15, 0.2) is 113 Å². The van der Waals surface area contributed by atoms with Crippen LogP contribution >= 0.6 is 0 Å². The van der Waals surface area contributed by atoms with E-state index in [2.05, 4.69) is 10.3 Å². The first kappa shape index (κ1) is 19.9. The number of nitrogens with zero attached hydrogens (tertiary/aromatic N) is 1. The maximum absolute atomic E-state index is 13.5. The highest BCUT2D eigenvalue weighted by molar-refractivity contribution is 7.91. The van der Waals surface area contributed by atoms with Crippen LogP contribution in [-0.4, -0.2) is 19.3 Å². The summed E-state index contributed by atoms with van der Waals surface area (Å²) in [5.74, 6) is -0.289. The largest absolute Gasteiger partial charge is 0.320 e. The van der Waals surface area contributed by atoms with Crippen molar-refractivity contribution in [2.75, 3.05) is 5.32 Å². The van der Waals surface area contributed by atoms with Crippen LogP contribution in [0, 0.1) is 0 Å². The molecule has 0 radical (unpaired) electrons. The van der Waals surface area contributed by atoms with Crippen LogP contribution < -0.4 is 5.32 Å². The molecule has 32 heavy (non-hydrogen) atoms. The van der Waals surface area contributed by atoms with Crippen LogP contribution in [-0.2, 0) is 9.84 Å². The smallest absolute Gasteiger partial charge is 0.255 e. The van der Waals surface area contributed by atoms with Crippen molar-refractivity contribution < 1.29 is 13.2 Å². The number of benzene rings is 4. The summed E-state index contributed by atoms with van der Waals surface area (Å²) in [6.07, 6.45) is 1.58. The topological polar surface area (TPSA) is 76.1 Å². The molecule has 5 aromatic rings. The molecule has 1 heterocycles. The Morgan fingerprint density at radius 3 is 2.31 bits per heavy atom. The van der Waals surface area contributed by atoms with Gasteiger partial charge in [-0.2, -0.15) is 0 Å². The van der Waals surface area contributed by atoms with E-state index in [-0.39, 0.29) is 15.7 Å². The van der Waals surface area contributed by atoms with E-state index in [9.17, 15) is 13.2 Å². The molecule has 5 nitrogen and oxygen atoms in total. The van der Waals surface area contributed by atoms with Gasteiger partial charge < -0.3 is 5.32 Å². The van der Waals surface area contributed by atoms with Crippen molar-refractivity contribution in [3.8, 4) is 0 Å². The summed E-state index contributed by atoms with van der Waals surface area (Å²) < 4.78 is 27.1. The lowest BCUT2D eigenvalue weighted by molar-refractivity contribution is 0.102. The predicted molar refractivity (Wildman–Crippen MR) is 126 cm³/mol. The second-order valence-electron chi connectivity index (χ2n) is 7.34. The number of fused-ring (bicyclic) bond motifs is 2. The van der Waals surface area contributed by atoms with Crippen LogP contribution in [0.4, 0.5) is 5.69 Å². The van der Waals surface area contributed by atoms with Gasteiger partial charge in [0.05, 0.1) is 21.0 Å². The third-order valence-electron chi connectivity index (χ3n) is 5.33. The minimum Gasteiger partial charge on any atom is -0.320 e. The Morgan fingerprint density at radius 2 is 1.50 bits per heavy atom. The number of carbonyl (C=O) groups is 1. The number of sulfone groups is 1. The van der Waals surface area contributed by atoms with Crippen molar-refractivity contribution in [1.82, 2.24) is 4.98 Å². The standard InChI is InChI=1S/C26H18N2O3S/c29-26(19-8-2-1-3-9-19)28-23-14-15-24(22-11-6-16-27-25(22)23)32(30,31)21-13-12-18-7-4-5-10-20(18)17-21/h1-17H,(H,28,29). The quantitative estimate of drug-likeness (QED) is 0.403. The van der Waals surface area contributed by atoms with Crippen molar-refractivity contribution in [3.05, 3.63) is 109 Å². The van der Waals surface area contributed by atoms with E-state index in [1.807, 2.05) is 30.3 Å².